The molecule has 2 aromatic carbocycles. The minimum Gasteiger partial charge on any atom is -0.508 e. The van der Waals surface area contributed by atoms with E-state index in [9.17, 15) is 5.11 Å². The van der Waals surface area contributed by atoms with Gasteiger partial charge in [0.05, 0.1) is 6.10 Å². The van der Waals surface area contributed by atoms with Crippen molar-refractivity contribution in [2.24, 2.45) is 0 Å². The van der Waals surface area contributed by atoms with Crippen molar-refractivity contribution in [2.75, 3.05) is 0 Å². The average molecular weight is 256 g/mol. The molecule has 0 amide bonds. The lowest BCUT2D eigenvalue weighted by Gasteiger charge is -2.02. The SMILES string of the molecule is CC(O)CCC/C=C/c1ccc2cc(O)ccc2c1. The Morgan fingerprint density at radius 2 is 1.84 bits per heavy atom. The molecule has 0 bridgehead atoms. The van der Waals surface area contributed by atoms with Crippen LogP contribution in [0.25, 0.3) is 16.8 Å². The zero-order valence-electron chi connectivity index (χ0n) is 11.2. The Hall–Kier alpha value is -1.80. The molecule has 0 aliphatic rings. The molecule has 1 unspecified atom stereocenters. The smallest absolute Gasteiger partial charge is 0.116 e. The summed E-state index contributed by atoms with van der Waals surface area (Å²) in [6, 6.07) is 11.6. The third-order valence-electron chi connectivity index (χ3n) is 3.15. The van der Waals surface area contributed by atoms with Crippen LogP contribution < -0.4 is 0 Å². The molecule has 0 saturated heterocycles. The van der Waals surface area contributed by atoms with Gasteiger partial charge in [-0.25, -0.2) is 0 Å². The summed E-state index contributed by atoms with van der Waals surface area (Å²) in [4.78, 5) is 0. The molecule has 0 aliphatic carbocycles. The molecule has 0 aromatic heterocycles. The number of aromatic hydroxyl groups is 1. The fraction of sp³-hybridized carbons (Fsp3) is 0.294. The molecule has 0 fully saturated rings. The van der Waals surface area contributed by atoms with Crippen LogP contribution in [0.1, 0.15) is 31.7 Å². The van der Waals surface area contributed by atoms with Crippen molar-refractivity contribution in [3.63, 3.8) is 0 Å². The maximum atomic E-state index is 9.41. The van der Waals surface area contributed by atoms with Crippen molar-refractivity contribution in [1.82, 2.24) is 0 Å². The van der Waals surface area contributed by atoms with Crippen LogP contribution in [0.2, 0.25) is 0 Å². The molecule has 0 radical (unpaired) electrons. The molecule has 0 heterocycles. The van der Waals surface area contributed by atoms with Crippen LogP contribution in [-0.2, 0) is 0 Å². The summed E-state index contributed by atoms with van der Waals surface area (Å²) in [5.41, 5.74) is 1.16. The first kappa shape index (κ1) is 13.6. The summed E-state index contributed by atoms with van der Waals surface area (Å²) >= 11 is 0. The first-order valence-electron chi connectivity index (χ1n) is 6.72. The summed E-state index contributed by atoms with van der Waals surface area (Å²) in [6.45, 7) is 1.82. The number of benzene rings is 2. The highest BCUT2D eigenvalue weighted by molar-refractivity contribution is 5.85. The zero-order valence-corrected chi connectivity index (χ0v) is 11.2. The second kappa shape index (κ2) is 6.39. The normalized spacial score (nSPS) is 13.2. The highest BCUT2D eigenvalue weighted by atomic mass is 16.3. The van der Waals surface area contributed by atoms with Gasteiger partial charge in [0.15, 0.2) is 0 Å². The van der Waals surface area contributed by atoms with Gasteiger partial charge in [-0.3, -0.25) is 0 Å². The molecule has 0 aliphatic heterocycles. The molecule has 0 saturated carbocycles. The molecule has 1 atom stereocenters. The van der Waals surface area contributed by atoms with E-state index in [1.807, 2.05) is 25.1 Å². The van der Waals surface area contributed by atoms with Crippen molar-refractivity contribution in [1.29, 1.82) is 0 Å². The molecular formula is C17H20O2. The lowest BCUT2D eigenvalue weighted by Crippen LogP contribution is -1.97. The zero-order chi connectivity index (χ0) is 13.7. The number of fused-ring (bicyclic) bond motifs is 1. The highest BCUT2D eigenvalue weighted by Gasteiger charge is 1.96. The number of phenolic OH excluding ortho intramolecular Hbond substituents is 1. The standard InChI is InChI=1S/C17H20O2/c1-13(18)5-3-2-4-6-14-7-8-16-12-17(19)10-9-15(16)11-14/h4,6-13,18-19H,2-3,5H2,1H3/b6-4+. The Balaban J connectivity index is 2.01. The molecule has 2 N–H and O–H groups in total. The molecule has 0 spiro atoms. The quantitative estimate of drug-likeness (QED) is 0.790. The van der Waals surface area contributed by atoms with Crippen molar-refractivity contribution >= 4 is 16.8 Å². The number of phenols is 1. The van der Waals surface area contributed by atoms with Gasteiger partial charge in [-0.2, -0.15) is 0 Å². The van der Waals surface area contributed by atoms with E-state index in [0.717, 1.165) is 35.6 Å². The lowest BCUT2D eigenvalue weighted by molar-refractivity contribution is 0.182. The van der Waals surface area contributed by atoms with Crippen LogP contribution in [0.5, 0.6) is 5.75 Å². The van der Waals surface area contributed by atoms with E-state index in [1.165, 1.54) is 0 Å². The van der Waals surface area contributed by atoms with E-state index in [1.54, 1.807) is 12.1 Å². The molecule has 100 valence electrons. The minimum atomic E-state index is -0.207. The average Bonchev–Trinajstić information content (AvgIpc) is 2.38. The second-order valence-electron chi connectivity index (χ2n) is 4.97. The molecule has 19 heavy (non-hydrogen) atoms. The Morgan fingerprint density at radius 3 is 2.63 bits per heavy atom. The molecule has 2 aromatic rings. The molecule has 2 nitrogen and oxygen atoms in total. The summed E-state index contributed by atoms with van der Waals surface area (Å²) in [7, 11) is 0. The third kappa shape index (κ3) is 4.11. The Kier molecular flexibility index (Phi) is 4.58. The van der Waals surface area contributed by atoms with E-state index in [-0.39, 0.29) is 6.10 Å². The number of hydrogen-bond acceptors (Lipinski definition) is 2. The van der Waals surface area contributed by atoms with Gasteiger partial charge in [0, 0.05) is 0 Å². The van der Waals surface area contributed by atoms with E-state index in [4.69, 9.17) is 5.11 Å². The van der Waals surface area contributed by atoms with E-state index >= 15 is 0 Å². The first-order chi connectivity index (χ1) is 9.15. The van der Waals surface area contributed by atoms with Crippen LogP contribution in [0.15, 0.2) is 42.5 Å². The maximum absolute atomic E-state index is 9.41. The van der Waals surface area contributed by atoms with Crippen LogP contribution in [0, 0.1) is 0 Å². The molecule has 2 rings (SSSR count). The fourth-order valence-corrected chi connectivity index (χ4v) is 2.11. The second-order valence-corrected chi connectivity index (χ2v) is 4.97. The fourth-order valence-electron chi connectivity index (χ4n) is 2.11. The van der Waals surface area contributed by atoms with Crippen LogP contribution in [0.4, 0.5) is 0 Å². The number of aliphatic hydroxyl groups excluding tert-OH is 1. The summed E-state index contributed by atoms with van der Waals surface area (Å²) in [6.07, 6.45) is 6.88. The largest absolute Gasteiger partial charge is 0.508 e. The van der Waals surface area contributed by atoms with Gasteiger partial charge in [-0.15, -0.1) is 0 Å². The third-order valence-corrected chi connectivity index (χ3v) is 3.15. The number of rotatable bonds is 5. The number of allylic oxidation sites excluding steroid dienone is 1. The van der Waals surface area contributed by atoms with Crippen LogP contribution in [-0.4, -0.2) is 16.3 Å². The van der Waals surface area contributed by atoms with Gasteiger partial charge in [0.2, 0.25) is 0 Å². The summed E-state index contributed by atoms with van der Waals surface area (Å²) in [5.74, 6) is 0.300. The van der Waals surface area contributed by atoms with Gasteiger partial charge in [0.25, 0.3) is 0 Å². The van der Waals surface area contributed by atoms with Crippen molar-refractivity contribution < 1.29 is 10.2 Å². The Morgan fingerprint density at radius 1 is 1.11 bits per heavy atom. The number of unbranched alkanes of at least 4 members (excludes halogenated alkanes) is 1. The van der Waals surface area contributed by atoms with Crippen molar-refractivity contribution in [2.45, 2.75) is 32.3 Å². The van der Waals surface area contributed by atoms with Crippen LogP contribution in [0.3, 0.4) is 0 Å². The van der Waals surface area contributed by atoms with Crippen LogP contribution >= 0.6 is 0 Å². The predicted molar refractivity (Wildman–Crippen MR) is 80.2 cm³/mol. The number of hydrogen-bond donors (Lipinski definition) is 2. The monoisotopic (exact) mass is 256 g/mol. The van der Waals surface area contributed by atoms with Gasteiger partial charge >= 0.3 is 0 Å². The van der Waals surface area contributed by atoms with E-state index in [0.29, 0.717) is 5.75 Å². The minimum absolute atomic E-state index is 0.207. The lowest BCUT2D eigenvalue weighted by atomic mass is 10.1. The Bertz CT molecular complexity index is 570. The van der Waals surface area contributed by atoms with Gasteiger partial charge in [-0.1, -0.05) is 30.4 Å². The first-order valence-corrected chi connectivity index (χ1v) is 6.72. The van der Waals surface area contributed by atoms with Crippen molar-refractivity contribution in [3.8, 4) is 5.75 Å². The van der Waals surface area contributed by atoms with Gasteiger partial charge in [-0.05, 0) is 60.7 Å². The topological polar surface area (TPSA) is 40.5 Å². The van der Waals surface area contributed by atoms with Gasteiger partial charge in [0.1, 0.15) is 5.75 Å². The van der Waals surface area contributed by atoms with E-state index in [2.05, 4.69) is 18.2 Å². The van der Waals surface area contributed by atoms with Crippen molar-refractivity contribution in [3.05, 3.63) is 48.0 Å². The maximum Gasteiger partial charge on any atom is 0.116 e. The molecule has 2 heteroatoms. The summed E-state index contributed by atoms with van der Waals surface area (Å²) < 4.78 is 0. The molecular weight excluding hydrogens is 236 g/mol. The van der Waals surface area contributed by atoms with Gasteiger partial charge < -0.3 is 10.2 Å². The van der Waals surface area contributed by atoms with E-state index < -0.39 is 0 Å². The highest BCUT2D eigenvalue weighted by Crippen LogP contribution is 2.21. The Labute approximate surface area is 114 Å². The summed E-state index contributed by atoms with van der Waals surface area (Å²) in [5, 5.41) is 20.8. The number of aliphatic hydroxyl groups is 1. The predicted octanol–water partition coefficient (Wildman–Crippen LogP) is 4.11.